The Hall–Kier alpha value is -2.28. The van der Waals surface area contributed by atoms with Gasteiger partial charge in [-0.3, -0.25) is 9.78 Å². The van der Waals surface area contributed by atoms with Crippen LogP contribution in [-0.2, 0) is 4.74 Å². The Bertz CT molecular complexity index is 756. The molecule has 7 nitrogen and oxygen atoms in total. The van der Waals surface area contributed by atoms with Crippen molar-refractivity contribution >= 4 is 5.91 Å². The number of carbonyl (C=O) groups is 1. The summed E-state index contributed by atoms with van der Waals surface area (Å²) in [5.41, 5.74) is 1.67. The SMILES string of the molecule is COC1CC(c2nc(C)no2)N(C(=O)c2ccnc(C3CC3)c2)C1. The summed E-state index contributed by atoms with van der Waals surface area (Å²) in [7, 11) is 1.66. The maximum atomic E-state index is 13.0. The van der Waals surface area contributed by atoms with Crippen LogP contribution in [0.2, 0.25) is 0 Å². The number of hydrogen-bond acceptors (Lipinski definition) is 6. The van der Waals surface area contributed by atoms with Crippen molar-refractivity contribution in [1.82, 2.24) is 20.0 Å². The van der Waals surface area contributed by atoms with Crippen molar-refractivity contribution in [3.63, 3.8) is 0 Å². The van der Waals surface area contributed by atoms with E-state index in [0.717, 1.165) is 18.5 Å². The number of carbonyl (C=O) groups excluding carboxylic acids is 1. The molecule has 126 valence electrons. The zero-order valence-electron chi connectivity index (χ0n) is 13.8. The molecular weight excluding hydrogens is 308 g/mol. The monoisotopic (exact) mass is 328 g/mol. The molecule has 0 spiro atoms. The van der Waals surface area contributed by atoms with E-state index in [-0.39, 0.29) is 18.1 Å². The number of methoxy groups -OCH3 is 1. The zero-order valence-corrected chi connectivity index (χ0v) is 13.8. The molecule has 0 radical (unpaired) electrons. The number of aromatic nitrogens is 3. The molecule has 2 aromatic rings. The second-order valence-electron chi connectivity index (χ2n) is 6.49. The van der Waals surface area contributed by atoms with E-state index in [1.807, 2.05) is 6.07 Å². The first-order valence-corrected chi connectivity index (χ1v) is 8.25. The van der Waals surface area contributed by atoms with E-state index in [1.165, 1.54) is 0 Å². The minimum Gasteiger partial charge on any atom is -0.380 e. The lowest BCUT2D eigenvalue weighted by Crippen LogP contribution is -2.32. The first-order chi connectivity index (χ1) is 11.7. The topological polar surface area (TPSA) is 81.4 Å². The minimum absolute atomic E-state index is 0.0316. The van der Waals surface area contributed by atoms with Crippen LogP contribution in [0.4, 0.5) is 0 Å². The molecule has 2 unspecified atom stereocenters. The van der Waals surface area contributed by atoms with Gasteiger partial charge in [0, 0.05) is 43.4 Å². The normalized spacial score (nSPS) is 23.7. The smallest absolute Gasteiger partial charge is 0.254 e. The summed E-state index contributed by atoms with van der Waals surface area (Å²) in [6.07, 6.45) is 4.66. The van der Waals surface area contributed by atoms with Gasteiger partial charge in [-0.15, -0.1) is 0 Å². The molecule has 1 amide bonds. The van der Waals surface area contributed by atoms with Gasteiger partial charge in [0.15, 0.2) is 5.82 Å². The highest BCUT2D eigenvalue weighted by Gasteiger charge is 2.40. The van der Waals surface area contributed by atoms with E-state index in [1.54, 1.807) is 31.2 Å². The van der Waals surface area contributed by atoms with Gasteiger partial charge in [0.2, 0.25) is 5.89 Å². The van der Waals surface area contributed by atoms with E-state index in [9.17, 15) is 4.79 Å². The Morgan fingerprint density at radius 3 is 2.92 bits per heavy atom. The van der Waals surface area contributed by atoms with Gasteiger partial charge < -0.3 is 14.2 Å². The van der Waals surface area contributed by atoms with Gasteiger partial charge in [0.05, 0.1) is 6.10 Å². The Kier molecular flexibility index (Phi) is 3.80. The lowest BCUT2D eigenvalue weighted by molar-refractivity contribution is 0.0670. The highest BCUT2D eigenvalue weighted by molar-refractivity contribution is 5.94. The van der Waals surface area contributed by atoms with Gasteiger partial charge in [-0.25, -0.2) is 0 Å². The molecule has 2 atom stereocenters. The third-order valence-corrected chi connectivity index (χ3v) is 4.71. The highest BCUT2D eigenvalue weighted by atomic mass is 16.5. The molecule has 0 bridgehead atoms. The van der Waals surface area contributed by atoms with Crippen LogP contribution >= 0.6 is 0 Å². The summed E-state index contributed by atoms with van der Waals surface area (Å²) in [6.45, 7) is 2.29. The molecule has 2 fully saturated rings. The van der Waals surface area contributed by atoms with Crippen LogP contribution in [0.3, 0.4) is 0 Å². The van der Waals surface area contributed by atoms with Crippen LogP contribution in [0.1, 0.15) is 59.0 Å². The van der Waals surface area contributed by atoms with Gasteiger partial charge in [0.1, 0.15) is 6.04 Å². The van der Waals surface area contributed by atoms with Crippen molar-refractivity contribution in [2.24, 2.45) is 0 Å². The molecule has 2 aliphatic rings. The van der Waals surface area contributed by atoms with Crippen LogP contribution in [-0.4, -0.2) is 45.7 Å². The minimum atomic E-state index is -0.249. The summed E-state index contributed by atoms with van der Waals surface area (Å²) in [5.74, 6) is 1.51. The van der Waals surface area contributed by atoms with Crippen LogP contribution in [0.5, 0.6) is 0 Å². The van der Waals surface area contributed by atoms with E-state index in [2.05, 4.69) is 15.1 Å². The summed E-state index contributed by atoms with van der Waals surface area (Å²) in [5, 5.41) is 3.85. The molecule has 3 heterocycles. The molecule has 0 N–H and O–H groups in total. The Morgan fingerprint density at radius 1 is 1.42 bits per heavy atom. The van der Waals surface area contributed by atoms with Crippen molar-refractivity contribution in [1.29, 1.82) is 0 Å². The lowest BCUT2D eigenvalue weighted by atomic mass is 10.1. The fourth-order valence-corrected chi connectivity index (χ4v) is 3.22. The van der Waals surface area contributed by atoms with E-state index < -0.39 is 0 Å². The van der Waals surface area contributed by atoms with Gasteiger partial charge in [0.25, 0.3) is 5.91 Å². The molecule has 0 aromatic carbocycles. The first kappa shape index (κ1) is 15.3. The summed E-state index contributed by atoms with van der Waals surface area (Å²) in [4.78, 5) is 23.5. The summed E-state index contributed by atoms with van der Waals surface area (Å²) < 4.78 is 10.8. The third-order valence-electron chi connectivity index (χ3n) is 4.71. The maximum Gasteiger partial charge on any atom is 0.254 e. The van der Waals surface area contributed by atoms with E-state index in [0.29, 0.717) is 36.2 Å². The van der Waals surface area contributed by atoms with Crippen molar-refractivity contribution in [2.75, 3.05) is 13.7 Å². The Morgan fingerprint density at radius 2 is 2.25 bits per heavy atom. The molecule has 1 saturated heterocycles. The molecule has 7 heteroatoms. The average molecular weight is 328 g/mol. The van der Waals surface area contributed by atoms with Crippen molar-refractivity contribution < 1.29 is 14.1 Å². The lowest BCUT2D eigenvalue weighted by Gasteiger charge is -2.21. The fraction of sp³-hybridized carbons (Fsp3) is 0.529. The maximum absolute atomic E-state index is 13.0. The average Bonchev–Trinajstić information content (AvgIpc) is 3.23. The van der Waals surface area contributed by atoms with Crippen LogP contribution < -0.4 is 0 Å². The molecule has 4 rings (SSSR count). The fourth-order valence-electron chi connectivity index (χ4n) is 3.22. The van der Waals surface area contributed by atoms with Gasteiger partial charge >= 0.3 is 0 Å². The molecule has 2 aromatic heterocycles. The molecular formula is C17H20N4O3. The van der Waals surface area contributed by atoms with Crippen molar-refractivity contribution in [3.8, 4) is 0 Å². The summed E-state index contributed by atoms with van der Waals surface area (Å²) in [6, 6.07) is 3.43. The number of aryl methyl sites for hydroxylation is 1. The van der Waals surface area contributed by atoms with Crippen LogP contribution in [0.15, 0.2) is 22.9 Å². The molecule has 24 heavy (non-hydrogen) atoms. The second-order valence-corrected chi connectivity index (χ2v) is 6.49. The van der Waals surface area contributed by atoms with Crippen molar-refractivity contribution in [2.45, 2.75) is 44.2 Å². The number of likely N-dealkylation sites (tertiary alicyclic amines) is 1. The molecule has 1 saturated carbocycles. The summed E-state index contributed by atoms with van der Waals surface area (Å²) >= 11 is 0. The molecule has 1 aliphatic heterocycles. The zero-order chi connectivity index (χ0) is 16.7. The van der Waals surface area contributed by atoms with Gasteiger partial charge in [-0.1, -0.05) is 5.16 Å². The number of nitrogens with zero attached hydrogens (tertiary/aromatic N) is 4. The largest absolute Gasteiger partial charge is 0.380 e. The van der Waals surface area contributed by atoms with Crippen LogP contribution in [0, 0.1) is 6.92 Å². The van der Waals surface area contributed by atoms with Gasteiger partial charge in [-0.05, 0) is 31.9 Å². The number of ether oxygens (including phenoxy) is 1. The Labute approximate surface area is 140 Å². The van der Waals surface area contributed by atoms with Crippen LogP contribution in [0.25, 0.3) is 0 Å². The standard InChI is InChI=1S/C17H20N4O3/c1-10-19-16(24-20-10)15-8-13(23-2)9-21(15)17(22)12-5-6-18-14(7-12)11-3-4-11/h5-7,11,13,15H,3-4,8-9H2,1-2H3. The quantitative estimate of drug-likeness (QED) is 0.856. The number of rotatable bonds is 4. The number of pyridine rings is 1. The highest BCUT2D eigenvalue weighted by Crippen LogP contribution is 2.39. The first-order valence-electron chi connectivity index (χ1n) is 8.25. The number of hydrogen-bond donors (Lipinski definition) is 0. The second kappa shape index (κ2) is 5.98. The van der Waals surface area contributed by atoms with Gasteiger partial charge in [-0.2, -0.15) is 4.98 Å². The molecule has 1 aliphatic carbocycles. The third kappa shape index (κ3) is 2.80. The number of amides is 1. The Balaban J connectivity index is 1.62. The predicted molar refractivity (Wildman–Crippen MR) is 84.4 cm³/mol. The van der Waals surface area contributed by atoms with E-state index >= 15 is 0 Å². The predicted octanol–water partition coefficient (Wildman–Crippen LogP) is 2.25. The van der Waals surface area contributed by atoms with Crippen molar-refractivity contribution in [3.05, 3.63) is 41.3 Å². The van der Waals surface area contributed by atoms with E-state index in [4.69, 9.17) is 9.26 Å².